The van der Waals surface area contributed by atoms with Gasteiger partial charge in [0.25, 0.3) is 0 Å². The van der Waals surface area contributed by atoms with Gasteiger partial charge in [-0.3, -0.25) is 0 Å². The van der Waals surface area contributed by atoms with Crippen molar-refractivity contribution in [2.75, 3.05) is 7.11 Å². The molecule has 0 aromatic carbocycles. The summed E-state index contributed by atoms with van der Waals surface area (Å²) >= 11 is 2.02. The highest BCUT2D eigenvalue weighted by molar-refractivity contribution is 14.1. The number of unbranched alkanes of at least 4 members (excludes halogenated alkanes) is 4. The van der Waals surface area contributed by atoms with Crippen molar-refractivity contribution >= 4 is 28.6 Å². The van der Waals surface area contributed by atoms with Crippen LogP contribution in [-0.2, 0) is 9.53 Å². The number of carbonyl (C=O) groups is 1. The Morgan fingerprint density at radius 3 is 2.28 bits per heavy atom. The van der Waals surface area contributed by atoms with E-state index in [-0.39, 0.29) is 0 Å². The molecule has 0 aliphatic carbocycles. The summed E-state index contributed by atoms with van der Waals surface area (Å²) < 4.78 is 30.5. The first-order chi connectivity index (χ1) is 8.25. The fourth-order valence-corrected chi connectivity index (χ4v) is 2.73. The van der Waals surface area contributed by atoms with Gasteiger partial charge in [-0.1, -0.05) is 68.5 Å². The summed E-state index contributed by atoms with van der Waals surface area (Å²) in [4.78, 5) is 11.0. The maximum absolute atomic E-state index is 13.5. The van der Waals surface area contributed by atoms with E-state index in [9.17, 15) is 13.6 Å². The summed E-state index contributed by atoms with van der Waals surface area (Å²) in [5, 5.41) is 0. The molecule has 0 aromatic heterocycles. The van der Waals surface area contributed by atoms with E-state index in [2.05, 4.69) is 11.7 Å². The lowest BCUT2D eigenvalue weighted by Crippen LogP contribution is -2.36. The van der Waals surface area contributed by atoms with Gasteiger partial charge in [0.05, 0.1) is 7.11 Å². The SMILES string of the molecule is CCCCCCCC(C)(I)CC(F)(F)C(=O)OC. The van der Waals surface area contributed by atoms with Crippen molar-refractivity contribution in [2.45, 2.75) is 68.1 Å². The molecule has 0 spiro atoms. The van der Waals surface area contributed by atoms with Crippen LogP contribution in [-0.4, -0.2) is 22.4 Å². The molecule has 0 N–H and O–H groups in total. The molecule has 1 unspecified atom stereocenters. The number of carbonyl (C=O) groups excluding carboxylic acids is 1. The second kappa shape index (κ2) is 8.27. The predicted octanol–water partition coefficient (Wildman–Crippen LogP) is 4.74. The highest BCUT2D eigenvalue weighted by Crippen LogP contribution is 2.37. The highest BCUT2D eigenvalue weighted by atomic mass is 127. The molecule has 0 bridgehead atoms. The summed E-state index contributed by atoms with van der Waals surface area (Å²) in [7, 11) is 0.992. The van der Waals surface area contributed by atoms with E-state index in [1.54, 1.807) is 6.92 Å². The molecule has 1 atom stereocenters. The molecular formula is C13H23F2IO2. The Labute approximate surface area is 122 Å². The van der Waals surface area contributed by atoms with Gasteiger partial charge in [0.15, 0.2) is 0 Å². The van der Waals surface area contributed by atoms with E-state index < -0.39 is 21.7 Å². The zero-order chi connectivity index (χ0) is 14.2. The van der Waals surface area contributed by atoms with Gasteiger partial charge in [-0.25, -0.2) is 4.79 Å². The molecule has 0 radical (unpaired) electrons. The van der Waals surface area contributed by atoms with Gasteiger partial charge in [0.2, 0.25) is 0 Å². The van der Waals surface area contributed by atoms with Crippen LogP contribution in [0.25, 0.3) is 0 Å². The molecule has 18 heavy (non-hydrogen) atoms. The van der Waals surface area contributed by atoms with E-state index in [1.165, 1.54) is 12.8 Å². The molecule has 0 saturated heterocycles. The number of esters is 1. The number of ether oxygens (including phenoxy) is 1. The van der Waals surface area contributed by atoms with Crippen molar-refractivity contribution in [3.05, 3.63) is 0 Å². The summed E-state index contributed by atoms with van der Waals surface area (Å²) in [5.74, 6) is -4.81. The number of halogens is 3. The lowest BCUT2D eigenvalue weighted by molar-refractivity contribution is -0.170. The molecule has 0 rings (SSSR count). The van der Waals surface area contributed by atoms with Crippen molar-refractivity contribution in [2.24, 2.45) is 0 Å². The molecule has 0 saturated carbocycles. The van der Waals surface area contributed by atoms with E-state index in [1.807, 2.05) is 22.6 Å². The fraction of sp³-hybridized carbons (Fsp3) is 0.923. The first-order valence-electron chi connectivity index (χ1n) is 6.40. The Bertz CT molecular complexity index is 255. The van der Waals surface area contributed by atoms with Crippen molar-refractivity contribution in [3.8, 4) is 0 Å². The second-order valence-corrected chi connectivity index (χ2v) is 7.55. The standard InChI is InChI=1S/C13H23F2IO2/c1-4-5-6-7-8-9-12(2,16)10-13(14,15)11(17)18-3/h4-10H2,1-3H3. The van der Waals surface area contributed by atoms with Gasteiger partial charge in [-0.05, 0) is 6.42 Å². The minimum Gasteiger partial charge on any atom is -0.465 e. The van der Waals surface area contributed by atoms with Crippen LogP contribution in [0, 0.1) is 0 Å². The molecule has 0 aliphatic rings. The average molecular weight is 376 g/mol. The lowest BCUT2D eigenvalue weighted by Gasteiger charge is -2.26. The number of rotatable bonds is 9. The Morgan fingerprint density at radius 2 is 1.78 bits per heavy atom. The Hall–Kier alpha value is 0.0600. The maximum Gasteiger partial charge on any atom is 0.376 e. The fourth-order valence-electron chi connectivity index (χ4n) is 1.87. The molecule has 0 fully saturated rings. The number of hydrogen-bond donors (Lipinski definition) is 0. The minimum absolute atomic E-state index is 0.457. The highest BCUT2D eigenvalue weighted by Gasteiger charge is 2.45. The summed E-state index contributed by atoms with van der Waals surface area (Å²) in [5.41, 5.74) is 0. The van der Waals surface area contributed by atoms with Gasteiger partial charge in [-0.2, -0.15) is 8.78 Å². The third kappa shape index (κ3) is 7.48. The van der Waals surface area contributed by atoms with Crippen LogP contribution < -0.4 is 0 Å². The predicted molar refractivity (Wildman–Crippen MR) is 77.4 cm³/mol. The first kappa shape index (κ1) is 18.1. The molecule has 0 amide bonds. The van der Waals surface area contributed by atoms with Gasteiger partial charge < -0.3 is 4.74 Å². The van der Waals surface area contributed by atoms with Crippen LogP contribution in [0.1, 0.15) is 58.8 Å². The largest absolute Gasteiger partial charge is 0.465 e. The summed E-state index contributed by atoms with van der Waals surface area (Å²) in [6.45, 7) is 3.91. The summed E-state index contributed by atoms with van der Waals surface area (Å²) in [6.07, 6.45) is 5.74. The Balaban J connectivity index is 4.09. The topological polar surface area (TPSA) is 26.3 Å². The van der Waals surface area contributed by atoms with Crippen LogP contribution in [0.5, 0.6) is 0 Å². The molecule has 0 aliphatic heterocycles. The van der Waals surface area contributed by atoms with E-state index in [0.717, 1.165) is 26.4 Å². The van der Waals surface area contributed by atoms with Crippen molar-refractivity contribution in [3.63, 3.8) is 0 Å². The quantitative estimate of drug-likeness (QED) is 0.252. The van der Waals surface area contributed by atoms with Crippen LogP contribution in [0.3, 0.4) is 0 Å². The second-order valence-electron chi connectivity index (χ2n) is 4.95. The average Bonchev–Trinajstić information content (AvgIpc) is 2.26. The van der Waals surface area contributed by atoms with Crippen molar-refractivity contribution < 1.29 is 18.3 Å². The number of hydrogen-bond acceptors (Lipinski definition) is 2. The zero-order valence-corrected chi connectivity index (χ0v) is 13.6. The molecule has 5 heteroatoms. The molecule has 0 heterocycles. The third-order valence-electron chi connectivity index (χ3n) is 2.88. The third-order valence-corrected chi connectivity index (χ3v) is 3.80. The van der Waals surface area contributed by atoms with Crippen LogP contribution >= 0.6 is 22.6 Å². The maximum atomic E-state index is 13.5. The minimum atomic E-state index is -3.38. The van der Waals surface area contributed by atoms with Crippen LogP contribution in [0.15, 0.2) is 0 Å². The van der Waals surface area contributed by atoms with Gasteiger partial charge in [-0.15, -0.1) is 0 Å². The number of methoxy groups -OCH3 is 1. The molecule has 0 aromatic rings. The lowest BCUT2D eigenvalue weighted by atomic mass is 9.96. The Kier molecular flexibility index (Phi) is 8.30. The summed E-state index contributed by atoms with van der Waals surface area (Å²) in [6, 6.07) is 0. The number of alkyl halides is 3. The zero-order valence-electron chi connectivity index (χ0n) is 11.4. The van der Waals surface area contributed by atoms with Crippen molar-refractivity contribution in [1.82, 2.24) is 0 Å². The van der Waals surface area contributed by atoms with E-state index in [0.29, 0.717) is 6.42 Å². The first-order valence-corrected chi connectivity index (χ1v) is 7.48. The van der Waals surface area contributed by atoms with Gasteiger partial charge >= 0.3 is 11.9 Å². The molecule has 2 nitrogen and oxygen atoms in total. The Morgan fingerprint density at radius 1 is 1.22 bits per heavy atom. The van der Waals surface area contributed by atoms with Crippen molar-refractivity contribution in [1.29, 1.82) is 0 Å². The van der Waals surface area contributed by atoms with Crippen LogP contribution in [0.4, 0.5) is 8.78 Å². The van der Waals surface area contributed by atoms with Gasteiger partial charge in [0.1, 0.15) is 0 Å². The van der Waals surface area contributed by atoms with E-state index >= 15 is 0 Å². The monoisotopic (exact) mass is 376 g/mol. The van der Waals surface area contributed by atoms with E-state index in [4.69, 9.17) is 0 Å². The molecule has 108 valence electrons. The molecular weight excluding hydrogens is 353 g/mol. The smallest absolute Gasteiger partial charge is 0.376 e. The van der Waals surface area contributed by atoms with Gasteiger partial charge in [0, 0.05) is 9.84 Å². The van der Waals surface area contributed by atoms with Crippen LogP contribution in [0.2, 0.25) is 0 Å². The normalized spacial score (nSPS) is 15.2.